The van der Waals surface area contributed by atoms with Crippen LogP contribution in [0.3, 0.4) is 0 Å². The molecule has 1 rings (SSSR count). The number of hydrazine groups is 1. The average Bonchev–Trinajstić information content (AvgIpc) is 2.62. The van der Waals surface area contributed by atoms with Crippen molar-refractivity contribution in [1.82, 2.24) is 10.9 Å². The fraction of sp³-hybridized carbons (Fsp3) is 0.600. The van der Waals surface area contributed by atoms with Crippen molar-refractivity contribution in [2.24, 2.45) is 23.7 Å². The molecule has 2 atom stereocenters. The van der Waals surface area contributed by atoms with Crippen molar-refractivity contribution in [2.75, 3.05) is 6.54 Å². The van der Waals surface area contributed by atoms with Crippen molar-refractivity contribution in [2.45, 2.75) is 66.9 Å². The topological polar surface area (TPSA) is 67.4 Å². The molecule has 0 aliphatic carbocycles. The van der Waals surface area contributed by atoms with Gasteiger partial charge < -0.3 is 4.74 Å². The Bertz CT molecular complexity index is 675. The van der Waals surface area contributed by atoms with E-state index in [1.54, 1.807) is 0 Å². The molecular formula is C25H40N2O3. The highest BCUT2D eigenvalue weighted by Gasteiger charge is 2.36. The van der Waals surface area contributed by atoms with Gasteiger partial charge in [-0.15, -0.1) is 0 Å². The maximum Gasteiger partial charge on any atom is 0.310 e. The highest BCUT2D eigenvalue weighted by Crippen LogP contribution is 2.28. The fourth-order valence-electron chi connectivity index (χ4n) is 3.11. The Kier molecular flexibility index (Phi) is 10.8. The van der Waals surface area contributed by atoms with E-state index >= 15 is 0 Å². The minimum absolute atomic E-state index is 0.159. The van der Waals surface area contributed by atoms with E-state index in [0.29, 0.717) is 25.3 Å². The van der Waals surface area contributed by atoms with Crippen LogP contribution in [-0.2, 0) is 14.3 Å². The normalized spacial score (nSPS) is 14.2. The zero-order valence-corrected chi connectivity index (χ0v) is 19.7. The summed E-state index contributed by atoms with van der Waals surface area (Å²) in [6.45, 7) is 14.5. The van der Waals surface area contributed by atoms with Gasteiger partial charge in [-0.05, 0) is 51.0 Å². The van der Waals surface area contributed by atoms with Gasteiger partial charge in [0.15, 0.2) is 0 Å². The lowest BCUT2D eigenvalue weighted by Crippen LogP contribution is -2.47. The third kappa shape index (κ3) is 10.6. The summed E-state index contributed by atoms with van der Waals surface area (Å²) in [4.78, 5) is 26.1. The molecule has 0 bridgehead atoms. The Hall–Kier alpha value is -2.14. The molecule has 168 valence electrons. The first-order valence-electron chi connectivity index (χ1n) is 11.0. The minimum Gasteiger partial charge on any atom is -0.460 e. The van der Waals surface area contributed by atoms with Crippen molar-refractivity contribution in [1.29, 1.82) is 0 Å². The zero-order valence-electron chi connectivity index (χ0n) is 19.7. The number of carbonyl (C=O) groups is 2. The second-order valence-electron chi connectivity index (χ2n) is 9.69. The molecule has 0 aliphatic rings. The molecule has 2 N–H and O–H groups in total. The van der Waals surface area contributed by atoms with E-state index in [4.69, 9.17) is 4.74 Å². The van der Waals surface area contributed by atoms with Gasteiger partial charge in [0, 0.05) is 6.54 Å². The van der Waals surface area contributed by atoms with Crippen LogP contribution < -0.4 is 10.9 Å². The van der Waals surface area contributed by atoms with Crippen LogP contribution in [-0.4, -0.2) is 24.0 Å². The van der Waals surface area contributed by atoms with Crippen LogP contribution in [0.2, 0.25) is 0 Å². The van der Waals surface area contributed by atoms with Gasteiger partial charge in [0.1, 0.15) is 5.60 Å². The van der Waals surface area contributed by atoms with Crippen LogP contribution in [0.1, 0.15) is 66.9 Å². The first-order chi connectivity index (χ1) is 14.0. The van der Waals surface area contributed by atoms with E-state index in [1.807, 2.05) is 63.3 Å². The number of rotatable bonds is 11. The highest BCUT2D eigenvalue weighted by molar-refractivity contribution is 5.85. The van der Waals surface area contributed by atoms with Gasteiger partial charge in [0.25, 0.3) is 0 Å². The van der Waals surface area contributed by atoms with Gasteiger partial charge in [-0.3, -0.25) is 15.0 Å². The molecule has 0 saturated heterocycles. The number of hydrogen-bond acceptors (Lipinski definition) is 4. The molecule has 1 aromatic rings. The van der Waals surface area contributed by atoms with E-state index in [0.717, 1.165) is 5.56 Å². The third-order valence-corrected chi connectivity index (χ3v) is 4.48. The monoisotopic (exact) mass is 416 g/mol. The summed E-state index contributed by atoms with van der Waals surface area (Å²) in [6.07, 6.45) is 5.00. The van der Waals surface area contributed by atoms with Crippen LogP contribution in [0.15, 0.2) is 36.4 Å². The number of amides is 1. The lowest BCUT2D eigenvalue weighted by Gasteiger charge is -2.29. The van der Waals surface area contributed by atoms with Crippen LogP contribution in [0.4, 0.5) is 0 Å². The van der Waals surface area contributed by atoms with Crippen LogP contribution >= 0.6 is 0 Å². The number of hydrogen-bond donors (Lipinski definition) is 2. The Morgan fingerprint density at radius 1 is 1.00 bits per heavy atom. The summed E-state index contributed by atoms with van der Waals surface area (Å²) >= 11 is 0. The smallest absolute Gasteiger partial charge is 0.310 e. The minimum atomic E-state index is -0.604. The molecule has 30 heavy (non-hydrogen) atoms. The molecule has 0 fully saturated rings. The van der Waals surface area contributed by atoms with Gasteiger partial charge >= 0.3 is 5.97 Å². The van der Waals surface area contributed by atoms with Gasteiger partial charge in [0.2, 0.25) is 5.91 Å². The number of carbonyl (C=O) groups excluding carboxylic acids is 2. The maximum atomic E-state index is 13.1. The molecule has 1 aromatic carbocycles. The Labute approximate surface area is 182 Å². The number of esters is 1. The zero-order chi connectivity index (χ0) is 22.7. The lowest BCUT2D eigenvalue weighted by atomic mass is 9.82. The number of benzene rings is 1. The Morgan fingerprint density at radius 2 is 1.63 bits per heavy atom. The van der Waals surface area contributed by atoms with Gasteiger partial charge in [-0.2, -0.15) is 0 Å². The summed E-state index contributed by atoms with van der Waals surface area (Å²) in [7, 11) is 0. The van der Waals surface area contributed by atoms with Crippen molar-refractivity contribution in [3.63, 3.8) is 0 Å². The standard InChI is InChI=1S/C25H40N2O3/c1-18(2)16-22(23(28)27-26-17-19(3)4)21(24(29)30-25(5,6)7)15-11-14-20-12-9-8-10-13-20/h8-14,18-19,21-22,26H,15-17H2,1-7H3,(H,27,28)/b14-11-/t21-,22+/m0/s1. The van der Waals surface area contributed by atoms with E-state index < -0.39 is 17.4 Å². The molecular weight excluding hydrogens is 376 g/mol. The molecule has 0 spiro atoms. The average molecular weight is 417 g/mol. The predicted octanol–water partition coefficient (Wildman–Crippen LogP) is 4.99. The maximum absolute atomic E-state index is 13.1. The lowest BCUT2D eigenvalue weighted by molar-refractivity contribution is -0.164. The van der Waals surface area contributed by atoms with E-state index in [-0.39, 0.29) is 17.8 Å². The van der Waals surface area contributed by atoms with Gasteiger partial charge in [0.05, 0.1) is 11.8 Å². The molecule has 0 aromatic heterocycles. The summed E-state index contributed by atoms with van der Waals surface area (Å²) < 4.78 is 5.68. The van der Waals surface area contributed by atoms with Gasteiger partial charge in [-0.1, -0.05) is 70.2 Å². The first-order valence-corrected chi connectivity index (χ1v) is 11.0. The van der Waals surface area contributed by atoms with Crippen LogP contribution in [0.5, 0.6) is 0 Å². The van der Waals surface area contributed by atoms with Crippen molar-refractivity contribution in [3.8, 4) is 0 Å². The molecule has 0 saturated carbocycles. The first kappa shape index (κ1) is 25.9. The van der Waals surface area contributed by atoms with E-state index in [1.165, 1.54) is 0 Å². The summed E-state index contributed by atoms with van der Waals surface area (Å²) in [6, 6.07) is 9.93. The molecule has 1 amide bonds. The SMILES string of the molecule is CC(C)CNNC(=O)[C@H](CC(C)C)[C@H](C/C=C\c1ccccc1)C(=O)OC(C)(C)C. The quantitative estimate of drug-likeness (QED) is 0.394. The number of ether oxygens (including phenoxy) is 1. The molecule has 5 heteroatoms. The molecule has 0 heterocycles. The van der Waals surface area contributed by atoms with Crippen LogP contribution in [0.25, 0.3) is 6.08 Å². The van der Waals surface area contributed by atoms with Crippen molar-refractivity contribution >= 4 is 18.0 Å². The second kappa shape index (κ2) is 12.5. The number of nitrogens with one attached hydrogen (secondary N) is 2. The highest BCUT2D eigenvalue weighted by atomic mass is 16.6. The van der Waals surface area contributed by atoms with Crippen LogP contribution in [0, 0.1) is 23.7 Å². The second-order valence-corrected chi connectivity index (χ2v) is 9.69. The summed E-state index contributed by atoms with van der Waals surface area (Å²) in [5.41, 5.74) is 6.25. The molecule has 5 nitrogen and oxygen atoms in total. The summed E-state index contributed by atoms with van der Waals surface area (Å²) in [5.74, 6) is -0.830. The predicted molar refractivity (Wildman–Crippen MR) is 123 cm³/mol. The molecule has 0 unspecified atom stereocenters. The van der Waals surface area contributed by atoms with Crippen molar-refractivity contribution in [3.05, 3.63) is 42.0 Å². The van der Waals surface area contributed by atoms with E-state index in [2.05, 4.69) is 38.5 Å². The van der Waals surface area contributed by atoms with Gasteiger partial charge in [-0.25, -0.2) is 5.43 Å². The van der Waals surface area contributed by atoms with E-state index in [9.17, 15) is 9.59 Å². The molecule has 0 radical (unpaired) electrons. The largest absolute Gasteiger partial charge is 0.460 e. The third-order valence-electron chi connectivity index (χ3n) is 4.48. The Balaban J connectivity index is 3.05. The molecule has 0 aliphatic heterocycles. The number of allylic oxidation sites excluding steroid dienone is 1. The fourth-order valence-corrected chi connectivity index (χ4v) is 3.11. The van der Waals surface area contributed by atoms with Crippen molar-refractivity contribution < 1.29 is 14.3 Å². The Morgan fingerprint density at radius 3 is 2.17 bits per heavy atom. The summed E-state index contributed by atoms with van der Waals surface area (Å²) in [5, 5.41) is 0.